The van der Waals surface area contributed by atoms with Gasteiger partial charge in [-0.15, -0.1) is 0 Å². The Balaban J connectivity index is 1.09. The van der Waals surface area contributed by atoms with Crippen molar-refractivity contribution in [1.29, 1.82) is 5.26 Å². The first kappa shape index (κ1) is 30.2. The Morgan fingerprint density at radius 2 is 2.07 bits per heavy atom. The Morgan fingerprint density at radius 1 is 1.20 bits per heavy atom. The molecule has 2 saturated heterocycles. The van der Waals surface area contributed by atoms with Gasteiger partial charge in [0, 0.05) is 0 Å². The van der Waals surface area contributed by atoms with E-state index in [-0.39, 0.29) is 44.9 Å². The number of ether oxygens (including phenoxy) is 3. The zero-order valence-electron chi connectivity index (χ0n) is 24.6. The Hall–Kier alpha value is -3.88. The molecule has 228 valence electrons. The number of carbonyl (C=O) groups is 1. The molecule has 2 fully saturated rings. The molecule has 4 aromatic rings. The predicted octanol–water partition coefficient (Wildman–Crippen LogP) is 3.79. The quantitative estimate of drug-likeness (QED) is 0.185. The summed E-state index contributed by atoms with van der Waals surface area (Å²) in [6, 6.07) is 13.9. The summed E-state index contributed by atoms with van der Waals surface area (Å²) >= 11 is 0.150. The summed E-state index contributed by atoms with van der Waals surface area (Å²) in [6.07, 6.45) is 5.01. The summed E-state index contributed by atoms with van der Waals surface area (Å²) in [5.41, 5.74) is 2.55. The number of aromatic nitrogens is 4. The Kier molecular flexibility index (Phi) is 9.19. The molecule has 4 heterocycles. The molecule has 3 atom stereocenters. The molecule has 0 unspecified atom stereocenters. The summed E-state index contributed by atoms with van der Waals surface area (Å²) in [5.74, 6) is 0.614. The zero-order chi connectivity index (χ0) is 30.6. The predicted molar refractivity (Wildman–Crippen MR) is 161 cm³/mol. The molecule has 2 aliphatic heterocycles. The number of hydrogen-bond acceptors (Lipinski definition) is 9. The van der Waals surface area contributed by atoms with E-state index in [1.807, 2.05) is 24.3 Å². The van der Waals surface area contributed by atoms with Crippen LogP contribution in [-0.4, -0.2) is 77.8 Å². The summed E-state index contributed by atoms with van der Waals surface area (Å²) in [5, 5.41) is 8.93. The second kappa shape index (κ2) is 13.4. The topological polar surface area (TPSA) is 115 Å². The number of carbonyl (C=O) groups excluding carboxylic acids is 1. The average Bonchev–Trinajstić information content (AvgIpc) is 3.35. The standard InChI is InChI=1S/C32H33FN6O4Se/c1-20-13-24(44-31-7-10-35-29(37-31)19-43-28-6-3-21(16-34)14-25(28)33)8-11-38(20)18-30-36-26-5-4-22(32(40)41-2)15-27(26)39(30)17-23-9-12-42-23/h3-7,10,14-15,20,23-24H,8-9,11-13,17-19H2,1-2H3/t20-,23-,24-/m0/s1. The third-order valence-corrected chi connectivity index (χ3v) is 10.7. The number of imidazole rings is 1. The van der Waals surface area contributed by atoms with Gasteiger partial charge in [-0.25, -0.2) is 0 Å². The van der Waals surface area contributed by atoms with Crippen LogP contribution in [0.3, 0.4) is 0 Å². The number of esters is 1. The fraction of sp³-hybridized carbons (Fsp3) is 0.406. The van der Waals surface area contributed by atoms with E-state index in [9.17, 15) is 9.18 Å². The van der Waals surface area contributed by atoms with E-state index in [0.717, 1.165) is 66.5 Å². The number of hydrogen-bond donors (Lipinski definition) is 0. The summed E-state index contributed by atoms with van der Waals surface area (Å²) in [6.45, 7) is 5.48. The molecule has 0 radical (unpaired) electrons. The molecule has 2 aromatic carbocycles. The number of nitrogens with zero attached hydrogens (tertiary/aromatic N) is 6. The monoisotopic (exact) mass is 664 g/mol. The van der Waals surface area contributed by atoms with Gasteiger partial charge >= 0.3 is 255 Å². The van der Waals surface area contributed by atoms with E-state index in [2.05, 4.69) is 21.4 Å². The van der Waals surface area contributed by atoms with Gasteiger partial charge < -0.3 is 0 Å². The number of benzene rings is 2. The van der Waals surface area contributed by atoms with Crippen molar-refractivity contribution < 1.29 is 23.4 Å². The minimum atomic E-state index is -0.581. The number of halogens is 1. The van der Waals surface area contributed by atoms with Gasteiger partial charge in [-0.3, -0.25) is 0 Å². The number of rotatable bonds is 10. The van der Waals surface area contributed by atoms with Crippen molar-refractivity contribution >= 4 is 36.6 Å². The van der Waals surface area contributed by atoms with Gasteiger partial charge in [-0.1, -0.05) is 0 Å². The van der Waals surface area contributed by atoms with Crippen LogP contribution in [0.5, 0.6) is 5.75 Å². The average molecular weight is 664 g/mol. The van der Waals surface area contributed by atoms with Crippen LogP contribution in [0.15, 0.2) is 48.7 Å². The van der Waals surface area contributed by atoms with Crippen molar-refractivity contribution in [2.45, 2.75) is 62.8 Å². The molecule has 2 aliphatic rings. The summed E-state index contributed by atoms with van der Waals surface area (Å²) in [7, 11) is 1.39. The molecule has 0 N–H and O–H groups in total. The number of likely N-dealkylation sites (tertiary alicyclic amines) is 1. The molecule has 12 heteroatoms. The fourth-order valence-electron chi connectivity index (χ4n) is 5.59. The van der Waals surface area contributed by atoms with Crippen molar-refractivity contribution in [3.63, 3.8) is 0 Å². The Morgan fingerprint density at radius 3 is 2.80 bits per heavy atom. The fourth-order valence-corrected chi connectivity index (χ4v) is 8.19. The second-order valence-corrected chi connectivity index (χ2v) is 13.8. The third-order valence-electron chi connectivity index (χ3n) is 8.12. The Bertz CT molecular complexity index is 1700. The summed E-state index contributed by atoms with van der Waals surface area (Å²) in [4.78, 5) is 29.2. The van der Waals surface area contributed by atoms with Crippen molar-refractivity contribution in [3.05, 3.63) is 77.3 Å². The van der Waals surface area contributed by atoms with Crippen molar-refractivity contribution in [3.8, 4) is 11.8 Å². The summed E-state index contributed by atoms with van der Waals surface area (Å²) < 4.78 is 33.7. The molecule has 0 aliphatic carbocycles. The van der Waals surface area contributed by atoms with Gasteiger partial charge in [-0.2, -0.15) is 0 Å². The number of fused-ring (bicyclic) bond motifs is 1. The zero-order valence-corrected chi connectivity index (χ0v) is 26.3. The van der Waals surface area contributed by atoms with Crippen molar-refractivity contribution in [2.24, 2.45) is 0 Å². The first-order valence-electron chi connectivity index (χ1n) is 14.6. The van der Waals surface area contributed by atoms with E-state index < -0.39 is 5.82 Å². The van der Waals surface area contributed by atoms with Crippen LogP contribution in [0.1, 0.15) is 53.8 Å². The normalized spacial score (nSPS) is 20.2. The van der Waals surface area contributed by atoms with Gasteiger partial charge in [0.25, 0.3) is 0 Å². The SMILES string of the molecule is COC(=O)c1ccc2nc(CN3CC[C@H]([Se]c4ccnc(COc5ccc(C#N)cc5F)n4)C[C@@H]3C)n(C[C@@H]3CCO3)c2c1. The molecule has 2 aromatic heterocycles. The third kappa shape index (κ3) is 6.76. The molecular formula is C32H33FN6O4Se. The van der Waals surface area contributed by atoms with Gasteiger partial charge in [0.2, 0.25) is 0 Å². The van der Waals surface area contributed by atoms with Crippen LogP contribution in [-0.2, 0) is 29.2 Å². The molecule has 0 amide bonds. The Labute approximate surface area is 261 Å². The van der Waals surface area contributed by atoms with Gasteiger partial charge in [-0.05, 0) is 0 Å². The maximum absolute atomic E-state index is 14.2. The van der Waals surface area contributed by atoms with E-state index >= 15 is 0 Å². The van der Waals surface area contributed by atoms with E-state index in [1.54, 1.807) is 12.3 Å². The molecule has 0 saturated carbocycles. The first-order chi connectivity index (χ1) is 21.4. The minimum absolute atomic E-state index is 0.0512. The molecule has 0 spiro atoms. The van der Waals surface area contributed by atoms with Crippen LogP contribution in [0.4, 0.5) is 4.39 Å². The molecule has 44 heavy (non-hydrogen) atoms. The van der Waals surface area contributed by atoms with Crippen LogP contribution in [0.25, 0.3) is 11.0 Å². The van der Waals surface area contributed by atoms with Crippen LogP contribution < -0.4 is 9.33 Å². The van der Waals surface area contributed by atoms with Gasteiger partial charge in [0.15, 0.2) is 0 Å². The van der Waals surface area contributed by atoms with Crippen LogP contribution >= 0.6 is 0 Å². The number of piperidine rings is 1. The molecule has 10 nitrogen and oxygen atoms in total. The molecule has 0 bridgehead atoms. The second-order valence-electron chi connectivity index (χ2n) is 11.1. The van der Waals surface area contributed by atoms with Crippen molar-refractivity contribution in [1.82, 2.24) is 24.4 Å². The van der Waals surface area contributed by atoms with E-state index in [1.165, 1.54) is 19.2 Å². The maximum atomic E-state index is 14.2. The van der Waals surface area contributed by atoms with Crippen LogP contribution in [0.2, 0.25) is 4.82 Å². The molecule has 6 rings (SSSR count). The van der Waals surface area contributed by atoms with Crippen molar-refractivity contribution in [2.75, 3.05) is 20.3 Å². The van der Waals surface area contributed by atoms with Gasteiger partial charge in [0.1, 0.15) is 0 Å². The van der Waals surface area contributed by atoms with E-state index in [4.69, 9.17) is 29.4 Å². The van der Waals surface area contributed by atoms with E-state index in [0.29, 0.717) is 28.8 Å². The number of methoxy groups -OCH3 is 1. The van der Waals surface area contributed by atoms with Crippen LogP contribution in [0, 0.1) is 17.1 Å². The molecular weight excluding hydrogens is 630 g/mol. The van der Waals surface area contributed by atoms with Gasteiger partial charge in [0.05, 0.1) is 7.11 Å². The first-order valence-corrected chi connectivity index (χ1v) is 16.5. The number of nitriles is 1.